The molecular weight excluding hydrogens is 346 g/mol. The van der Waals surface area contributed by atoms with Crippen LogP contribution in [0, 0.1) is 5.92 Å². The lowest BCUT2D eigenvalue weighted by atomic mass is 9.83. The van der Waals surface area contributed by atoms with E-state index in [4.69, 9.17) is 0 Å². The van der Waals surface area contributed by atoms with E-state index in [1.54, 1.807) is 17.9 Å². The van der Waals surface area contributed by atoms with Gasteiger partial charge in [0.25, 0.3) is 5.56 Å². The zero-order chi connectivity index (χ0) is 19.6. The number of nitrogens with zero attached hydrogens (tertiary/aromatic N) is 4. The van der Waals surface area contributed by atoms with E-state index in [0.717, 1.165) is 30.4 Å². The molecule has 150 valence electrons. The maximum Gasteiger partial charge on any atom is 0.332 e. The fraction of sp³-hybridized carbons (Fsp3) is 0.737. The number of nitrogens with one attached hydrogen (secondary N) is 1. The van der Waals surface area contributed by atoms with Crippen molar-refractivity contribution in [3.05, 3.63) is 27.2 Å². The predicted octanol–water partition coefficient (Wildman–Crippen LogP) is 0.743. The van der Waals surface area contributed by atoms with Crippen LogP contribution in [0.1, 0.15) is 45.4 Å². The molecule has 1 fully saturated rings. The Morgan fingerprint density at radius 3 is 2.63 bits per heavy atom. The lowest BCUT2D eigenvalue weighted by Crippen LogP contribution is -2.42. The first-order valence-corrected chi connectivity index (χ1v) is 9.94. The standard InChI is InChI=1S/C19H31N5O3/c1-13(16(25)14-8-5-4-6-9-14)20-10-7-11-24-12-21-17-15(24)18(26)23(3)19(27)22(17)2/h12-14,16,20,25H,4-11H2,1-3H3. The summed E-state index contributed by atoms with van der Waals surface area (Å²) in [6.45, 7) is 3.41. The molecule has 1 saturated carbocycles. The highest BCUT2D eigenvalue weighted by Crippen LogP contribution is 2.27. The molecule has 1 aliphatic rings. The van der Waals surface area contributed by atoms with E-state index in [1.165, 1.54) is 30.9 Å². The van der Waals surface area contributed by atoms with Crippen molar-refractivity contribution in [3.63, 3.8) is 0 Å². The molecule has 0 saturated heterocycles. The third-order valence-electron chi connectivity index (χ3n) is 5.90. The summed E-state index contributed by atoms with van der Waals surface area (Å²) in [4.78, 5) is 28.7. The van der Waals surface area contributed by atoms with E-state index in [0.29, 0.717) is 23.6 Å². The van der Waals surface area contributed by atoms with Gasteiger partial charge < -0.3 is 15.0 Å². The van der Waals surface area contributed by atoms with Crippen LogP contribution in [0.5, 0.6) is 0 Å². The topological polar surface area (TPSA) is 94.1 Å². The van der Waals surface area contributed by atoms with Gasteiger partial charge in [-0.3, -0.25) is 13.9 Å². The maximum atomic E-state index is 12.4. The first-order valence-electron chi connectivity index (χ1n) is 9.94. The van der Waals surface area contributed by atoms with Gasteiger partial charge in [0.05, 0.1) is 12.4 Å². The molecule has 2 atom stereocenters. The van der Waals surface area contributed by atoms with Gasteiger partial charge in [-0.2, -0.15) is 0 Å². The molecule has 0 spiro atoms. The van der Waals surface area contributed by atoms with Crippen molar-refractivity contribution in [1.29, 1.82) is 0 Å². The minimum Gasteiger partial charge on any atom is -0.391 e. The minimum atomic E-state index is -0.370. The molecule has 8 nitrogen and oxygen atoms in total. The Morgan fingerprint density at radius 1 is 1.22 bits per heavy atom. The summed E-state index contributed by atoms with van der Waals surface area (Å²) in [7, 11) is 3.11. The van der Waals surface area contributed by atoms with E-state index >= 15 is 0 Å². The van der Waals surface area contributed by atoms with Gasteiger partial charge in [-0.05, 0) is 38.6 Å². The Morgan fingerprint density at radius 2 is 1.93 bits per heavy atom. The lowest BCUT2D eigenvalue weighted by molar-refractivity contribution is 0.0555. The van der Waals surface area contributed by atoms with E-state index in [2.05, 4.69) is 10.3 Å². The highest BCUT2D eigenvalue weighted by molar-refractivity contribution is 5.69. The predicted molar refractivity (Wildman–Crippen MR) is 105 cm³/mol. The van der Waals surface area contributed by atoms with Crippen LogP contribution < -0.4 is 16.6 Å². The Bertz CT molecular complexity index is 891. The van der Waals surface area contributed by atoms with E-state index in [-0.39, 0.29) is 23.4 Å². The molecule has 0 aromatic carbocycles. The molecule has 1 aliphatic carbocycles. The van der Waals surface area contributed by atoms with Crippen molar-refractivity contribution in [2.45, 2.75) is 64.1 Å². The van der Waals surface area contributed by atoms with Crippen LogP contribution in [0.25, 0.3) is 11.2 Å². The van der Waals surface area contributed by atoms with E-state index in [1.807, 2.05) is 6.92 Å². The average molecular weight is 377 g/mol. The van der Waals surface area contributed by atoms with Crippen molar-refractivity contribution in [2.24, 2.45) is 20.0 Å². The number of hydrogen-bond acceptors (Lipinski definition) is 5. The third kappa shape index (κ3) is 4.01. The number of aliphatic hydroxyl groups is 1. The lowest BCUT2D eigenvalue weighted by Gasteiger charge is -2.31. The smallest absolute Gasteiger partial charge is 0.332 e. The molecule has 0 amide bonds. The number of hydrogen-bond donors (Lipinski definition) is 2. The van der Waals surface area contributed by atoms with Crippen LogP contribution in [0.4, 0.5) is 0 Å². The van der Waals surface area contributed by atoms with Gasteiger partial charge in [-0.1, -0.05) is 19.3 Å². The van der Waals surface area contributed by atoms with Gasteiger partial charge in [0.2, 0.25) is 0 Å². The molecule has 0 bridgehead atoms. The zero-order valence-corrected chi connectivity index (χ0v) is 16.5. The quantitative estimate of drug-likeness (QED) is 0.694. The van der Waals surface area contributed by atoms with E-state index in [9.17, 15) is 14.7 Å². The molecule has 2 N–H and O–H groups in total. The van der Waals surface area contributed by atoms with E-state index < -0.39 is 0 Å². The van der Waals surface area contributed by atoms with Crippen LogP contribution in [-0.2, 0) is 20.6 Å². The molecule has 2 aromatic heterocycles. The van der Waals surface area contributed by atoms with Gasteiger partial charge >= 0.3 is 5.69 Å². The van der Waals surface area contributed by atoms with Crippen molar-refractivity contribution in [2.75, 3.05) is 6.54 Å². The van der Waals surface area contributed by atoms with Crippen LogP contribution in [0.2, 0.25) is 0 Å². The number of aromatic nitrogens is 4. The Balaban J connectivity index is 1.58. The highest BCUT2D eigenvalue weighted by atomic mass is 16.3. The summed E-state index contributed by atoms with van der Waals surface area (Å²) in [6.07, 6.45) is 8.09. The first-order chi connectivity index (χ1) is 12.9. The van der Waals surface area contributed by atoms with Crippen molar-refractivity contribution in [3.8, 4) is 0 Å². The Hall–Kier alpha value is -1.93. The fourth-order valence-electron chi connectivity index (χ4n) is 4.15. The van der Waals surface area contributed by atoms with Crippen LogP contribution >= 0.6 is 0 Å². The van der Waals surface area contributed by atoms with Crippen LogP contribution in [0.15, 0.2) is 15.9 Å². The van der Waals surface area contributed by atoms with Gasteiger partial charge in [0.15, 0.2) is 11.2 Å². The number of imidazole rings is 1. The second kappa shape index (κ2) is 8.39. The second-order valence-electron chi connectivity index (χ2n) is 7.80. The number of fused-ring (bicyclic) bond motifs is 1. The van der Waals surface area contributed by atoms with Gasteiger partial charge in [-0.15, -0.1) is 0 Å². The first kappa shape index (κ1) is 19.8. The van der Waals surface area contributed by atoms with Gasteiger partial charge in [0.1, 0.15) is 0 Å². The second-order valence-corrected chi connectivity index (χ2v) is 7.80. The maximum absolute atomic E-state index is 12.4. The molecular formula is C19H31N5O3. The summed E-state index contributed by atoms with van der Waals surface area (Å²) < 4.78 is 4.32. The molecule has 2 unspecified atom stereocenters. The SMILES string of the molecule is CC(NCCCn1cnc2c1c(=O)n(C)c(=O)n2C)C(O)C1CCCCC1. The number of aryl methyl sites for hydroxylation is 2. The summed E-state index contributed by atoms with van der Waals surface area (Å²) in [5, 5.41) is 14.0. The van der Waals surface area contributed by atoms with Gasteiger partial charge in [0, 0.05) is 26.7 Å². The molecule has 8 heteroatoms. The molecule has 2 aromatic rings. The van der Waals surface area contributed by atoms with Crippen molar-refractivity contribution in [1.82, 2.24) is 24.0 Å². The van der Waals surface area contributed by atoms with Crippen LogP contribution in [-0.4, -0.2) is 42.5 Å². The number of aliphatic hydroxyl groups excluding tert-OH is 1. The molecule has 2 heterocycles. The summed E-state index contributed by atoms with van der Waals surface area (Å²) in [5.74, 6) is 0.406. The van der Waals surface area contributed by atoms with Crippen molar-refractivity contribution < 1.29 is 5.11 Å². The monoisotopic (exact) mass is 377 g/mol. The van der Waals surface area contributed by atoms with Crippen molar-refractivity contribution >= 4 is 11.2 Å². The molecule has 27 heavy (non-hydrogen) atoms. The molecule has 0 aliphatic heterocycles. The fourth-order valence-corrected chi connectivity index (χ4v) is 4.15. The zero-order valence-electron chi connectivity index (χ0n) is 16.5. The summed E-state index contributed by atoms with van der Waals surface area (Å²) >= 11 is 0. The Labute approximate surface area is 158 Å². The summed E-state index contributed by atoms with van der Waals surface area (Å²) in [6, 6.07) is 0.0568. The molecule has 0 radical (unpaired) electrons. The average Bonchev–Trinajstić information content (AvgIpc) is 3.12. The largest absolute Gasteiger partial charge is 0.391 e. The summed E-state index contributed by atoms with van der Waals surface area (Å²) in [5.41, 5.74) is 0.177. The molecule has 3 rings (SSSR count). The van der Waals surface area contributed by atoms with Crippen LogP contribution in [0.3, 0.4) is 0 Å². The third-order valence-corrected chi connectivity index (χ3v) is 5.90. The minimum absolute atomic E-state index is 0.0568. The Kier molecular flexibility index (Phi) is 6.16. The van der Waals surface area contributed by atoms with Gasteiger partial charge in [-0.25, -0.2) is 9.78 Å². The normalized spacial score (nSPS) is 18.1. The number of rotatable bonds is 7. The highest BCUT2D eigenvalue weighted by Gasteiger charge is 2.25.